The summed E-state index contributed by atoms with van der Waals surface area (Å²) in [5, 5.41) is 26.8. The van der Waals surface area contributed by atoms with Gasteiger partial charge in [0.15, 0.2) is 11.5 Å². The molecule has 1 aromatic carbocycles. The van der Waals surface area contributed by atoms with Crippen LogP contribution < -0.4 is 24.7 Å². The molecule has 1 radical (unpaired) electrons. The number of aliphatic carboxylic acids is 2. The van der Waals surface area contributed by atoms with Crippen LogP contribution >= 0.6 is 8.53 Å². The second kappa shape index (κ2) is 28.8. The van der Waals surface area contributed by atoms with Gasteiger partial charge in [-0.25, -0.2) is 14.6 Å². The van der Waals surface area contributed by atoms with Crippen molar-refractivity contribution in [2.24, 2.45) is 0 Å². The fourth-order valence-corrected chi connectivity index (χ4v) is 9.10. The molecule has 359 valence electrons. The fourth-order valence-electron chi connectivity index (χ4n) is 7.48. The molecule has 5 rings (SSSR count). The first-order valence-electron chi connectivity index (χ1n) is 22.2. The minimum absolute atomic E-state index is 0. The van der Waals surface area contributed by atoms with Gasteiger partial charge in [-0.05, 0) is 103 Å². The summed E-state index contributed by atoms with van der Waals surface area (Å²) >= 11 is 0. The van der Waals surface area contributed by atoms with Crippen LogP contribution in [0.15, 0.2) is 36.7 Å². The number of nitriles is 1. The number of aromatic nitrogens is 5. The van der Waals surface area contributed by atoms with Gasteiger partial charge in [0.05, 0.1) is 85.6 Å². The molecule has 0 saturated heterocycles. The molecule has 1 atom stereocenters. The zero-order chi connectivity index (χ0) is 48.4. The maximum Gasteiger partial charge on any atom is 3.00 e. The Labute approximate surface area is 422 Å². The van der Waals surface area contributed by atoms with Crippen LogP contribution in [0.1, 0.15) is 143 Å². The van der Waals surface area contributed by atoms with Crippen molar-refractivity contribution in [1.82, 2.24) is 29.6 Å². The molecule has 0 spiro atoms. The number of carboxylic acids is 2. The van der Waals surface area contributed by atoms with Gasteiger partial charge in [0.25, 0.3) is 8.53 Å². The number of ether oxygens (including phenoxy) is 2. The zero-order valence-electron chi connectivity index (χ0n) is 40.6. The first-order valence-corrected chi connectivity index (χ1v) is 23.3. The van der Waals surface area contributed by atoms with Crippen LogP contribution in [0.5, 0.6) is 11.5 Å². The van der Waals surface area contributed by atoms with E-state index < -0.39 is 20.5 Å². The summed E-state index contributed by atoms with van der Waals surface area (Å²) in [5.74, 6) is -1.08. The predicted octanol–water partition coefficient (Wildman–Crippen LogP) is 8.36. The summed E-state index contributed by atoms with van der Waals surface area (Å²) in [6.07, 6.45) is 8.00. The van der Waals surface area contributed by atoms with Crippen molar-refractivity contribution in [1.29, 1.82) is 5.26 Å². The number of methoxy groups -OCH3 is 1. The van der Waals surface area contributed by atoms with E-state index >= 15 is 0 Å². The standard InChI is InChI=1S/C45H59N7O4P.2C2H4O2.Dy/c1-12-32-30(9)42-26-47-40-24-44(53-11)45(54-19-17-21-56-57(55-20-16-18-46)52(28(5)6)29(7)8)25-41(40)48-27-43-31(10)33(13-2)37(51-43)23-39-35(15-4)34(14-3)38(49-39)22-36(32)50-42;2*1-2(3)4;/h22-29H,12-17,19-21H2,1-11H3;2*1H3,(H,3,4);/q-1;;;+3/p-2. The monoisotopic (exact) mass is 1070 g/mol. The maximum absolute atomic E-state index is 9.05. The molecular weight excluding hydrogens is 1010 g/mol. The van der Waals surface area contributed by atoms with E-state index in [0.717, 1.165) is 84.5 Å². The quantitative estimate of drug-likeness (QED) is 0.0919. The second-order valence-corrected chi connectivity index (χ2v) is 17.0. The number of hydrogen-bond acceptors (Lipinski definition) is 14. The van der Waals surface area contributed by atoms with Gasteiger partial charge in [-0.2, -0.15) is 5.26 Å². The summed E-state index contributed by atoms with van der Waals surface area (Å²) in [4.78, 5) is 43.2. The number of rotatable bonds is 17. The van der Waals surface area contributed by atoms with Crippen LogP contribution in [0.2, 0.25) is 0 Å². The molecule has 2 aliphatic heterocycles. The van der Waals surface area contributed by atoms with Gasteiger partial charge in [-0.15, -0.1) is 11.0 Å². The Bertz CT molecular complexity index is 2420. The number of carboxylic acid groups (broad SMARTS) is 2. The van der Waals surface area contributed by atoms with Crippen LogP contribution in [-0.4, -0.2) is 75.6 Å². The number of fused-ring (bicyclic) bond motifs is 7. The first kappa shape index (κ1) is 57.9. The van der Waals surface area contributed by atoms with Crippen molar-refractivity contribution >= 4 is 64.8 Å². The summed E-state index contributed by atoms with van der Waals surface area (Å²) in [6, 6.07) is 10.6. The van der Waals surface area contributed by atoms with Crippen LogP contribution in [0.3, 0.4) is 0 Å². The van der Waals surface area contributed by atoms with Gasteiger partial charge in [-0.3, -0.25) is 9.97 Å². The van der Waals surface area contributed by atoms with Gasteiger partial charge >= 0.3 is 38.2 Å². The molecule has 3 aromatic rings. The van der Waals surface area contributed by atoms with Crippen molar-refractivity contribution in [2.75, 3.05) is 26.9 Å². The normalized spacial score (nSPS) is 12.4. The van der Waals surface area contributed by atoms with E-state index in [1.807, 2.05) is 24.5 Å². The molecule has 6 bridgehead atoms. The maximum atomic E-state index is 9.05. The average Bonchev–Trinajstić information content (AvgIpc) is 3.85. The Morgan fingerprint density at radius 2 is 1.17 bits per heavy atom. The largest absolute Gasteiger partial charge is 3.00 e. The Balaban J connectivity index is 0.00000154. The Morgan fingerprint density at radius 3 is 1.56 bits per heavy atom. The van der Waals surface area contributed by atoms with E-state index in [1.165, 1.54) is 22.3 Å². The van der Waals surface area contributed by atoms with E-state index in [-0.39, 0.29) is 50.3 Å². The van der Waals surface area contributed by atoms with E-state index in [0.29, 0.717) is 55.2 Å². The van der Waals surface area contributed by atoms with E-state index in [2.05, 4.69) is 92.1 Å². The Hall–Kier alpha value is -4.25. The third kappa shape index (κ3) is 16.2. The fraction of sp³-hybridized carbons (Fsp3) is 0.490. The first-order chi connectivity index (χ1) is 31.0. The average molecular weight is 1070 g/mol. The number of carbonyl (C=O) groups is 2. The summed E-state index contributed by atoms with van der Waals surface area (Å²) < 4.78 is 26.7. The van der Waals surface area contributed by atoms with Gasteiger partial charge < -0.3 is 43.3 Å². The number of nitrogens with zero attached hydrogens (tertiary/aromatic N) is 7. The Kier molecular flexibility index (Phi) is 25.3. The van der Waals surface area contributed by atoms with Crippen LogP contribution in [0.25, 0.3) is 44.4 Å². The van der Waals surface area contributed by atoms with Gasteiger partial charge in [0.1, 0.15) is 0 Å². The zero-order valence-corrected chi connectivity index (χ0v) is 43.6. The number of aryl methyl sites for hydroxylation is 2. The van der Waals surface area contributed by atoms with Crippen molar-refractivity contribution < 1.29 is 76.5 Å². The minimum atomic E-state index is -1.33. The molecule has 4 heterocycles. The molecule has 1 unspecified atom stereocenters. The Morgan fingerprint density at radius 1 is 0.727 bits per heavy atom. The molecule has 66 heavy (non-hydrogen) atoms. The predicted molar refractivity (Wildman–Crippen MR) is 254 cm³/mol. The third-order valence-corrected chi connectivity index (χ3v) is 12.4. The molecule has 0 saturated carbocycles. The summed E-state index contributed by atoms with van der Waals surface area (Å²) in [7, 11) is 0.293. The topological polar surface area (TPSA) is 210 Å². The van der Waals surface area contributed by atoms with Crippen LogP contribution in [-0.2, 0) is 31.5 Å². The van der Waals surface area contributed by atoms with Gasteiger partial charge in [-0.1, -0.05) is 51.0 Å². The van der Waals surface area contributed by atoms with Crippen molar-refractivity contribution in [3.63, 3.8) is 0 Å². The molecule has 0 N–H and O–H groups in total. The SMILES string of the molecule is CC(=O)[O-].CC(=O)[O-].CCC1=C(C)c2cnc3cc(OC)c(OCCCOP(OCCC#N)N(C(C)C)C(C)C)cc3ncc3nc(cc4[n-]c(cc1n2)c(CC)c4CC)C(CC)=C3C.[Dy+3]. The molecule has 2 aromatic heterocycles. The summed E-state index contributed by atoms with van der Waals surface area (Å²) in [5.41, 5.74) is 13.7. The minimum Gasteiger partial charge on any atom is -0.657 e. The number of benzene rings is 1. The number of hydrogen-bond donors (Lipinski definition) is 0. The van der Waals surface area contributed by atoms with Crippen molar-refractivity contribution in [3.05, 3.63) is 70.6 Å². The van der Waals surface area contributed by atoms with E-state index in [9.17, 15) is 0 Å². The van der Waals surface area contributed by atoms with Crippen molar-refractivity contribution in [3.8, 4) is 17.6 Å². The molecule has 15 nitrogen and oxygen atoms in total. The second-order valence-electron chi connectivity index (χ2n) is 15.6. The van der Waals surface area contributed by atoms with Gasteiger partial charge in [0, 0.05) is 42.6 Å². The molecule has 2 aliphatic rings. The molecule has 17 heteroatoms. The molecule has 0 amide bonds. The summed E-state index contributed by atoms with van der Waals surface area (Å²) in [6.45, 7) is 24.5. The van der Waals surface area contributed by atoms with E-state index in [1.54, 1.807) is 7.11 Å². The van der Waals surface area contributed by atoms with Crippen molar-refractivity contribution in [2.45, 2.75) is 134 Å². The van der Waals surface area contributed by atoms with Crippen LogP contribution in [0.4, 0.5) is 0 Å². The molecular formula is C49H65DyN7O8P. The number of carbonyl (C=O) groups excluding carboxylic acids is 2. The molecule has 0 aliphatic carbocycles. The third-order valence-electron chi connectivity index (χ3n) is 10.3. The smallest absolute Gasteiger partial charge is 0.657 e. The van der Waals surface area contributed by atoms with Gasteiger partial charge in [0.2, 0.25) is 0 Å². The van der Waals surface area contributed by atoms with Crippen LogP contribution in [0, 0.1) is 49.5 Å². The number of allylic oxidation sites excluding steroid dienone is 4. The van der Waals surface area contributed by atoms with E-state index in [4.69, 9.17) is 68.5 Å². The molecule has 0 fully saturated rings.